The largest absolute Gasteiger partial charge is 0.372 e. The van der Waals surface area contributed by atoms with Crippen molar-refractivity contribution in [2.24, 2.45) is 7.05 Å². The van der Waals surface area contributed by atoms with Crippen LogP contribution >= 0.6 is 0 Å². The number of aryl methyl sites for hydroxylation is 1. The molecule has 1 aliphatic rings. The quantitative estimate of drug-likeness (QED) is 0.598. The fourth-order valence-corrected chi connectivity index (χ4v) is 4.40. The van der Waals surface area contributed by atoms with Gasteiger partial charge in [-0.2, -0.15) is 0 Å². The molecule has 8 nitrogen and oxygen atoms in total. The van der Waals surface area contributed by atoms with Crippen LogP contribution in [-0.4, -0.2) is 30.4 Å². The molecule has 0 saturated heterocycles. The van der Waals surface area contributed by atoms with E-state index in [0.29, 0.717) is 19.0 Å². The summed E-state index contributed by atoms with van der Waals surface area (Å²) in [6.07, 6.45) is 3.44. The van der Waals surface area contributed by atoms with Crippen LogP contribution in [0.4, 0.5) is 0 Å². The van der Waals surface area contributed by atoms with E-state index >= 15 is 0 Å². The lowest BCUT2D eigenvalue weighted by atomic mass is 10.1. The predicted octanol–water partition coefficient (Wildman–Crippen LogP) is 1.63. The molecule has 1 atom stereocenters. The number of benzene rings is 2. The molecule has 0 aliphatic carbocycles. The van der Waals surface area contributed by atoms with Crippen LogP contribution in [0.15, 0.2) is 65.8 Å². The molecular weight excluding hydrogens is 404 g/mol. The zero-order valence-corrected chi connectivity index (χ0v) is 17.2. The van der Waals surface area contributed by atoms with Gasteiger partial charge in [-0.1, -0.05) is 36.4 Å². The van der Waals surface area contributed by atoms with Crippen LogP contribution in [0, 0.1) is 0 Å². The van der Waals surface area contributed by atoms with E-state index in [1.807, 2.05) is 41.9 Å². The standard InChI is InChI=1S/C21H22N4O4S/c1-25-10-9-22-21(25)20(15-5-3-2-4-6-15)24-19(26)12-23-30(27,28)18-8-7-16-13-29-14-17(16)11-18/h2-11,20,23H,12-14H2,1H3,(H,24,26). The van der Waals surface area contributed by atoms with Crippen LogP contribution in [0.1, 0.15) is 28.6 Å². The molecule has 0 spiro atoms. The second kappa shape index (κ2) is 8.39. The molecule has 2 aromatic carbocycles. The highest BCUT2D eigenvalue weighted by atomic mass is 32.2. The number of amides is 1. The van der Waals surface area contributed by atoms with Gasteiger partial charge >= 0.3 is 0 Å². The van der Waals surface area contributed by atoms with Gasteiger partial charge in [0.25, 0.3) is 0 Å². The summed E-state index contributed by atoms with van der Waals surface area (Å²) in [5.74, 6) is 0.191. The smallest absolute Gasteiger partial charge is 0.241 e. The number of hydrogen-bond acceptors (Lipinski definition) is 5. The van der Waals surface area contributed by atoms with E-state index in [0.717, 1.165) is 16.7 Å². The molecular formula is C21H22N4O4S. The molecule has 9 heteroatoms. The Balaban J connectivity index is 1.47. The van der Waals surface area contributed by atoms with Crippen molar-refractivity contribution >= 4 is 15.9 Å². The third kappa shape index (κ3) is 4.28. The summed E-state index contributed by atoms with van der Waals surface area (Å²) in [5.41, 5.74) is 2.68. The van der Waals surface area contributed by atoms with Gasteiger partial charge in [0.05, 0.1) is 24.7 Å². The van der Waals surface area contributed by atoms with Crippen molar-refractivity contribution in [1.82, 2.24) is 19.6 Å². The molecule has 2 N–H and O–H groups in total. The zero-order chi connectivity index (χ0) is 21.1. The predicted molar refractivity (Wildman–Crippen MR) is 110 cm³/mol. The average molecular weight is 426 g/mol. The Morgan fingerprint density at radius 1 is 1.17 bits per heavy atom. The molecule has 0 saturated carbocycles. The maximum atomic E-state index is 12.6. The first kappa shape index (κ1) is 20.3. The molecule has 156 valence electrons. The monoisotopic (exact) mass is 426 g/mol. The Hall–Kier alpha value is -3.01. The summed E-state index contributed by atoms with van der Waals surface area (Å²) in [6.45, 7) is 0.491. The van der Waals surface area contributed by atoms with Gasteiger partial charge < -0.3 is 14.6 Å². The van der Waals surface area contributed by atoms with Crippen LogP contribution in [0.5, 0.6) is 0 Å². The first-order valence-electron chi connectivity index (χ1n) is 9.45. The third-order valence-corrected chi connectivity index (χ3v) is 6.38. The molecule has 1 aliphatic heterocycles. The lowest BCUT2D eigenvalue weighted by Gasteiger charge is -2.19. The minimum Gasteiger partial charge on any atom is -0.372 e. The van der Waals surface area contributed by atoms with Gasteiger partial charge in [0.15, 0.2) is 0 Å². The molecule has 0 fully saturated rings. The summed E-state index contributed by atoms with van der Waals surface area (Å²) >= 11 is 0. The highest BCUT2D eigenvalue weighted by Gasteiger charge is 2.23. The van der Waals surface area contributed by atoms with Gasteiger partial charge in [-0.05, 0) is 28.8 Å². The number of imidazole rings is 1. The lowest BCUT2D eigenvalue weighted by molar-refractivity contribution is -0.120. The SMILES string of the molecule is Cn1ccnc1C(NC(=O)CNS(=O)(=O)c1ccc2c(c1)COC2)c1ccccc1. The number of fused-ring (bicyclic) bond motifs is 1. The number of hydrogen-bond donors (Lipinski definition) is 2. The number of nitrogens with zero attached hydrogens (tertiary/aromatic N) is 2. The average Bonchev–Trinajstić information content (AvgIpc) is 3.39. The van der Waals surface area contributed by atoms with Gasteiger partial charge in [0, 0.05) is 19.4 Å². The molecule has 0 bridgehead atoms. The van der Waals surface area contributed by atoms with Crippen LogP contribution in [-0.2, 0) is 39.8 Å². The Labute approximate surface area is 175 Å². The number of aromatic nitrogens is 2. The van der Waals surface area contributed by atoms with Crippen molar-refractivity contribution in [2.75, 3.05) is 6.54 Å². The molecule has 4 rings (SSSR count). The summed E-state index contributed by atoms with van der Waals surface area (Å²) in [7, 11) is -1.99. The van der Waals surface area contributed by atoms with Gasteiger partial charge in [-0.3, -0.25) is 4.79 Å². The van der Waals surface area contributed by atoms with E-state index in [9.17, 15) is 13.2 Å². The van der Waals surface area contributed by atoms with Crippen molar-refractivity contribution < 1.29 is 17.9 Å². The van der Waals surface area contributed by atoms with Crippen LogP contribution in [0.2, 0.25) is 0 Å². The van der Waals surface area contributed by atoms with Gasteiger partial charge in [0.1, 0.15) is 11.9 Å². The second-order valence-electron chi connectivity index (χ2n) is 7.06. The zero-order valence-electron chi connectivity index (χ0n) is 16.4. The fourth-order valence-electron chi connectivity index (χ4n) is 3.37. The Morgan fingerprint density at radius 3 is 2.67 bits per heavy atom. The van der Waals surface area contributed by atoms with Crippen molar-refractivity contribution in [1.29, 1.82) is 0 Å². The number of sulfonamides is 1. The molecule has 30 heavy (non-hydrogen) atoms. The van der Waals surface area contributed by atoms with Gasteiger partial charge in [-0.15, -0.1) is 0 Å². The summed E-state index contributed by atoms with van der Waals surface area (Å²) in [6, 6.07) is 13.8. The minimum atomic E-state index is -3.83. The molecule has 1 amide bonds. The first-order valence-corrected chi connectivity index (χ1v) is 10.9. The first-order chi connectivity index (χ1) is 14.4. The highest BCUT2D eigenvalue weighted by Crippen LogP contribution is 2.23. The normalized spacial score (nSPS) is 14.3. The number of carbonyl (C=O) groups is 1. The number of nitrogens with one attached hydrogen (secondary N) is 2. The maximum absolute atomic E-state index is 12.6. The number of rotatable bonds is 7. The summed E-state index contributed by atoms with van der Waals surface area (Å²) in [4.78, 5) is 17.1. The van der Waals surface area contributed by atoms with Crippen molar-refractivity contribution in [3.63, 3.8) is 0 Å². The summed E-state index contributed by atoms with van der Waals surface area (Å²) in [5, 5.41) is 2.87. The van der Waals surface area contributed by atoms with E-state index in [2.05, 4.69) is 15.0 Å². The second-order valence-corrected chi connectivity index (χ2v) is 8.82. The lowest BCUT2D eigenvalue weighted by Crippen LogP contribution is -2.39. The topological polar surface area (TPSA) is 102 Å². The fraction of sp³-hybridized carbons (Fsp3) is 0.238. The Morgan fingerprint density at radius 2 is 1.93 bits per heavy atom. The van der Waals surface area contributed by atoms with E-state index in [4.69, 9.17) is 4.74 Å². The van der Waals surface area contributed by atoms with Crippen LogP contribution in [0.25, 0.3) is 0 Å². The molecule has 2 heterocycles. The van der Waals surface area contributed by atoms with Gasteiger partial charge in [0.2, 0.25) is 15.9 Å². The van der Waals surface area contributed by atoms with Crippen LogP contribution in [0.3, 0.4) is 0 Å². The highest BCUT2D eigenvalue weighted by molar-refractivity contribution is 7.89. The molecule has 0 radical (unpaired) electrons. The molecule has 3 aromatic rings. The number of carbonyl (C=O) groups excluding carboxylic acids is 1. The van der Waals surface area contributed by atoms with Crippen molar-refractivity contribution in [2.45, 2.75) is 24.2 Å². The van der Waals surface area contributed by atoms with Gasteiger partial charge in [-0.25, -0.2) is 18.1 Å². The van der Waals surface area contributed by atoms with Crippen molar-refractivity contribution in [3.05, 3.63) is 83.4 Å². The van der Waals surface area contributed by atoms with E-state index in [-0.39, 0.29) is 11.4 Å². The summed E-state index contributed by atoms with van der Waals surface area (Å²) < 4.78 is 34.8. The Bertz CT molecular complexity index is 1160. The van der Waals surface area contributed by atoms with E-state index < -0.39 is 22.0 Å². The van der Waals surface area contributed by atoms with Crippen LogP contribution < -0.4 is 10.0 Å². The van der Waals surface area contributed by atoms with E-state index in [1.54, 1.807) is 24.5 Å². The van der Waals surface area contributed by atoms with Crippen molar-refractivity contribution in [3.8, 4) is 0 Å². The number of ether oxygens (including phenoxy) is 1. The Kier molecular flexibility index (Phi) is 5.67. The molecule has 1 unspecified atom stereocenters. The molecule has 1 aromatic heterocycles. The maximum Gasteiger partial charge on any atom is 0.241 e. The van der Waals surface area contributed by atoms with E-state index in [1.165, 1.54) is 6.07 Å². The minimum absolute atomic E-state index is 0.114. The third-order valence-electron chi connectivity index (χ3n) is 4.98.